The van der Waals surface area contributed by atoms with Gasteiger partial charge in [0, 0.05) is 75.9 Å². The molecule has 11 heteroatoms. The number of carbonyl (C=O) groups is 2. The highest BCUT2D eigenvalue weighted by atomic mass is 32.1. The van der Waals surface area contributed by atoms with E-state index in [1.165, 1.54) is 16.2 Å². The maximum absolute atomic E-state index is 13.6. The van der Waals surface area contributed by atoms with Crippen molar-refractivity contribution in [1.82, 2.24) is 15.2 Å². The largest absolute Gasteiger partial charge is 0.493 e. The summed E-state index contributed by atoms with van der Waals surface area (Å²) in [4.78, 5) is 33.6. The van der Waals surface area contributed by atoms with Crippen LogP contribution in [0.2, 0.25) is 0 Å². The standard InChI is InChI=1S/C25H36N4O6S/c1-17(2)29(23(30)18-7-8-20(33-5)21(13-18)34-11-6-10-32-4)16-19-14-26-15-22(19)35-25(31)28(3)24-27-9-12-36-24/h7-9,12-13,17,19,22,26H,6,10-11,14-16H2,1-5H3/t19-,22-/m1/s1. The maximum atomic E-state index is 13.6. The van der Waals surface area contributed by atoms with Crippen LogP contribution >= 0.6 is 11.3 Å². The number of amides is 2. The summed E-state index contributed by atoms with van der Waals surface area (Å²) in [5, 5.41) is 5.67. The first-order valence-corrected chi connectivity index (χ1v) is 12.9. The van der Waals surface area contributed by atoms with E-state index in [2.05, 4.69) is 10.3 Å². The second kappa shape index (κ2) is 13.4. The normalized spacial score (nSPS) is 17.2. The Bertz CT molecular complexity index is 987. The van der Waals surface area contributed by atoms with Crippen LogP contribution in [0.4, 0.5) is 9.93 Å². The maximum Gasteiger partial charge on any atom is 0.416 e. The fourth-order valence-electron chi connectivity index (χ4n) is 3.95. The van der Waals surface area contributed by atoms with E-state index in [1.807, 2.05) is 13.8 Å². The number of hydrogen-bond acceptors (Lipinski definition) is 9. The SMILES string of the molecule is COCCCOc1cc(C(=O)N(C[C@H]2CNC[C@H]2OC(=O)N(C)c2nccs2)C(C)C)ccc1OC. The molecule has 0 spiro atoms. The molecule has 2 atom stereocenters. The molecule has 2 heterocycles. The van der Waals surface area contributed by atoms with Gasteiger partial charge in [-0.25, -0.2) is 9.78 Å². The number of carbonyl (C=O) groups excluding carboxylic acids is 2. The van der Waals surface area contributed by atoms with E-state index in [1.54, 1.807) is 55.9 Å². The Hall–Kier alpha value is -2.89. The number of benzene rings is 1. The van der Waals surface area contributed by atoms with E-state index in [0.717, 1.165) is 6.42 Å². The molecule has 2 amide bonds. The molecule has 0 saturated carbocycles. The minimum absolute atomic E-state index is 0.0481. The highest BCUT2D eigenvalue weighted by Crippen LogP contribution is 2.29. The van der Waals surface area contributed by atoms with Crippen LogP contribution in [0.25, 0.3) is 0 Å². The van der Waals surface area contributed by atoms with Gasteiger partial charge >= 0.3 is 6.09 Å². The van der Waals surface area contributed by atoms with E-state index in [9.17, 15) is 9.59 Å². The molecule has 3 rings (SSSR count). The predicted molar refractivity (Wildman–Crippen MR) is 138 cm³/mol. The van der Waals surface area contributed by atoms with Crippen molar-refractivity contribution in [3.8, 4) is 11.5 Å². The van der Waals surface area contributed by atoms with Gasteiger partial charge in [0.1, 0.15) is 6.10 Å². The van der Waals surface area contributed by atoms with Gasteiger partial charge in [-0.15, -0.1) is 11.3 Å². The first kappa shape index (κ1) is 27.7. The van der Waals surface area contributed by atoms with Crippen molar-refractivity contribution in [3.05, 3.63) is 35.3 Å². The number of nitrogens with one attached hydrogen (secondary N) is 1. The summed E-state index contributed by atoms with van der Waals surface area (Å²) in [6.45, 7) is 6.61. The molecule has 1 fully saturated rings. The summed E-state index contributed by atoms with van der Waals surface area (Å²) < 4.78 is 22.1. The summed E-state index contributed by atoms with van der Waals surface area (Å²) in [7, 11) is 4.85. The summed E-state index contributed by atoms with van der Waals surface area (Å²) >= 11 is 1.37. The van der Waals surface area contributed by atoms with Gasteiger partial charge in [0.25, 0.3) is 5.91 Å². The highest BCUT2D eigenvalue weighted by molar-refractivity contribution is 7.13. The lowest BCUT2D eigenvalue weighted by molar-refractivity contribution is 0.0541. The van der Waals surface area contributed by atoms with Crippen LogP contribution in [-0.2, 0) is 9.47 Å². The van der Waals surface area contributed by atoms with E-state index in [-0.39, 0.29) is 24.0 Å². The zero-order valence-corrected chi connectivity index (χ0v) is 22.4. The van der Waals surface area contributed by atoms with E-state index >= 15 is 0 Å². The molecule has 0 radical (unpaired) electrons. The Morgan fingerprint density at radius 3 is 2.67 bits per heavy atom. The summed E-state index contributed by atoms with van der Waals surface area (Å²) in [5.74, 6) is 0.915. The third-order valence-electron chi connectivity index (χ3n) is 5.99. The molecule has 1 aliphatic heterocycles. The van der Waals surface area contributed by atoms with Gasteiger partial charge in [-0.2, -0.15) is 0 Å². The van der Waals surface area contributed by atoms with Crippen molar-refractivity contribution in [2.75, 3.05) is 59.0 Å². The molecular weight excluding hydrogens is 484 g/mol. The lowest BCUT2D eigenvalue weighted by Crippen LogP contribution is -2.44. The quantitative estimate of drug-likeness (QED) is 0.426. The van der Waals surface area contributed by atoms with E-state index in [0.29, 0.717) is 55.0 Å². The van der Waals surface area contributed by atoms with Crippen molar-refractivity contribution in [3.63, 3.8) is 0 Å². The lowest BCUT2D eigenvalue weighted by Gasteiger charge is -2.31. The van der Waals surface area contributed by atoms with Gasteiger partial charge in [-0.05, 0) is 32.0 Å². The summed E-state index contributed by atoms with van der Waals surface area (Å²) in [6.07, 6.45) is 1.55. The molecule has 1 aromatic carbocycles. The van der Waals surface area contributed by atoms with Gasteiger partial charge in [0.15, 0.2) is 16.6 Å². The number of methoxy groups -OCH3 is 2. The second-order valence-corrected chi connectivity index (χ2v) is 9.70. The summed E-state index contributed by atoms with van der Waals surface area (Å²) in [5.41, 5.74) is 0.509. The first-order valence-electron chi connectivity index (χ1n) is 12.0. The second-order valence-electron chi connectivity index (χ2n) is 8.83. The highest BCUT2D eigenvalue weighted by Gasteiger charge is 2.35. The van der Waals surface area contributed by atoms with E-state index < -0.39 is 6.09 Å². The van der Waals surface area contributed by atoms with Crippen molar-refractivity contribution >= 4 is 28.5 Å². The Balaban J connectivity index is 1.69. The molecule has 1 aliphatic rings. The lowest BCUT2D eigenvalue weighted by atomic mass is 10.0. The van der Waals surface area contributed by atoms with Crippen LogP contribution in [0.15, 0.2) is 29.8 Å². The molecule has 2 aromatic rings. The predicted octanol–water partition coefficient (Wildman–Crippen LogP) is 3.28. The number of thiazole rings is 1. The van der Waals surface area contributed by atoms with Crippen LogP contribution < -0.4 is 19.7 Å². The Labute approximate surface area is 216 Å². The van der Waals surface area contributed by atoms with Gasteiger partial charge in [-0.1, -0.05) is 0 Å². The number of rotatable bonds is 12. The van der Waals surface area contributed by atoms with Crippen LogP contribution in [0.3, 0.4) is 0 Å². The van der Waals surface area contributed by atoms with Crippen molar-refractivity contribution in [1.29, 1.82) is 0 Å². The minimum atomic E-state index is -0.462. The van der Waals surface area contributed by atoms with Gasteiger partial charge in [0.05, 0.1) is 13.7 Å². The van der Waals surface area contributed by atoms with Crippen LogP contribution in [-0.4, -0.2) is 88.1 Å². The first-order chi connectivity index (χ1) is 17.3. The Kier molecular flexibility index (Phi) is 10.3. The molecule has 1 saturated heterocycles. The number of aromatic nitrogens is 1. The summed E-state index contributed by atoms with van der Waals surface area (Å²) in [6, 6.07) is 5.15. The zero-order valence-electron chi connectivity index (χ0n) is 21.6. The molecule has 0 bridgehead atoms. The molecule has 0 unspecified atom stereocenters. The molecule has 36 heavy (non-hydrogen) atoms. The molecule has 10 nitrogen and oxygen atoms in total. The minimum Gasteiger partial charge on any atom is -0.493 e. The average Bonchev–Trinajstić information content (AvgIpc) is 3.56. The number of nitrogens with zero attached hydrogens (tertiary/aromatic N) is 3. The third-order valence-corrected chi connectivity index (χ3v) is 6.83. The molecule has 198 valence electrons. The van der Waals surface area contributed by atoms with Crippen LogP contribution in [0.1, 0.15) is 30.6 Å². The number of anilines is 1. The molecular formula is C25H36N4O6S. The third kappa shape index (κ3) is 7.08. The van der Waals surface area contributed by atoms with Crippen molar-refractivity contribution in [2.24, 2.45) is 5.92 Å². The fourth-order valence-corrected chi connectivity index (χ4v) is 4.55. The van der Waals surface area contributed by atoms with Crippen molar-refractivity contribution < 1.29 is 28.5 Å². The molecule has 1 aromatic heterocycles. The Morgan fingerprint density at radius 2 is 2.00 bits per heavy atom. The number of ether oxygens (including phenoxy) is 4. The zero-order chi connectivity index (χ0) is 26.1. The van der Waals surface area contributed by atoms with E-state index in [4.69, 9.17) is 18.9 Å². The van der Waals surface area contributed by atoms with Crippen molar-refractivity contribution in [2.45, 2.75) is 32.4 Å². The van der Waals surface area contributed by atoms with Gasteiger partial charge in [0.2, 0.25) is 0 Å². The van der Waals surface area contributed by atoms with Gasteiger partial charge in [-0.3, -0.25) is 9.69 Å². The smallest absolute Gasteiger partial charge is 0.416 e. The van der Waals surface area contributed by atoms with Crippen LogP contribution in [0.5, 0.6) is 11.5 Å². The molecule has 1 N–H and O–H groups in total. The fraction of sp³-hybridized carbons (Fsp3) is 0.560. The topological polar surface area (TPSA) is 102 Å². The van der Waals surface area contributed by atoms with Gasteiger partial charge < -0.3 is 29.2 Å². The number of hydrogen-bond donors (Lipinski definition) is 1. The molecule has 0 aliphatic carbocycles. The Morgan fingerprint density at radius 1 is 1.19 bits per heavy atom. The monoisotopic (exact) mass is 520 g/mol. The van der Waals surface area contributed by atoms with Crippen LogP contribution in [0, 0.1) is 5.92 Å². The average molecular weight is 521 g/mol.